The molecule has 5 aliphatic rings. The number of aromatic nitrogens is 8. The summed E-state index contributed by atoms with van der Waals surface area (Å²) in [5, 5.41) is 11.5. The van der Waals surface area contributed by atoms with E-state index >= 15 is 0 Å². The van der Waals surface area contributed by atoms with E-state index in [2.05, 4.69) is 268 Å². The molecule has 8 heteroatoms. The zero-order valence-corrected chi connectivity index (χ0v) is 69.2. The molecule has 8 nitrogen and oxygen atoms in total. The third kappa shape index (κ3) is 11.6. The molecule has 11 aromatic carbocycles. The highest BCUT2D eigenvalue weighted by atomic mass is 15.2. The molecule has 13 heterocycles. The fraction of sp³-hybridized carbons (Fsp3) is 0.227. The molecule has 0 radical (unpaired) electrons. The predicted molar refractivity (Wildman–Crippen MR) is 488 cm³/mol. The fourth-order valence-electron chi connectivity index (χ4n) is 20.4. The number of fused-ring (bicyclic) bond motifs is 15. The van der Waals surface area contributed by atoms with Crippen molar-refractivity contribution in [2.75, 3.05) is 0 Å². The van der Waals surface area contributed by atoms with E-state index in [-0.39, 0.29) is 5.92 Å². The molecule has 580 valence electrons. The standard InChI is InChI=1S/2C29H29N2.C26H23N2.2C13H12N/c1-17(2)21-9-7-10-22(18(3)4)28(21)26-16-30-15-20-8-6-11-23-24-14-19(5)12-13-25(24)31(26)29(30)27(20)23;1-17(2)21-12-9-13-22(18(3)4)27(21)28-19(5)30-16-20-10-8-14-24-23-11-6-7-15-25(23)31(28)29(30)26(20)24;1-15-11-12-22-21(13-15)20-10-6-9-19-14-27-18(4)25(28(22)26(27)24(19)20)23-16(2)7-5-8-17(23)3;1-10-5-4-8-13-12-7-3-2-6-11(12)9-14(10)13;1-10-6-7-13-12-5-3-2-4-11(12)9-14(13)8-10/h6-14,16-18H,15H2,1-5H3;6-15,17-18H,16H2,1-5H3;5-13H,14H2,1-4H3;2*2-8H,9H2,1H3/q5*+1/i;1D3;4D3;2*1D3. The van der Waals surface area contributed by atoms with E-state index in [1.165, 1.54) is 138 Å². The number of nitrogens with zero attached hydrogens (tertiary/aromatic N) is 8. The van der Waals surface area contributed by atoms with Crippen LogP contribution in [0.15, 0.2) is 261 Å². The van der Waals surface area contributed by atoms with Gasteiger partial charge < -0.3 is 0 Å². The molecule has 0 fully saturated rings. The zero-order valence-electron chi connectivity index (χ0n) is 81.2. The van der Waals surface area contributed by atoms with Gasteiger partial charge in [0.05, 0.1) is 27.3 Å². The lowest BCUT2D eigenvalue weighted by Crippen LogP contribution is -2.35. The van der Waals surface area contributed by atoms with Gasteiger partial charge in [-0.15, -0.1) is 0 Å². The highest BCUT2D eigenvalue weighted by molar-refractivity contribution is 6.15. The second kappa shape index (κ2) is 28.6. The molecule has 0 N–H and O–H groups in total. The highest BCUT2D eigenvalue weighted by Crippen LogP contribution is 2.46. The quantitative estimate of drug-likeness (QED) is 0.113. The van der Waals surface area contributed by atoms with Crippen molar-refractivity contribution in [2.24, 2.45) is 0 Å². The van der Waals surface area contributed by atoms with Crippen molar-refractivity contribution in [3.63, 3.8) is 0 Å². The maximum absolute atomic E-state index is 8.50. The van der Waals surface area contributed by atoms with Crippen LogP contribution in [0, 0.1) is 55.2 Å². The first-order valence-corrected chi connectivity index (χ1v) is 41.8. The molecule has 0 amide bonds. The molecular formula is C110H105N8+5. The van der Waals surface area contributed by atoms with Crippen molar-refractivity contribution in [2.45, 2.75) is 167 Å². The van der Waals surface area contributed by atoms with Gasteiger partial charge in [0, 0.05) is 138 Å². The van der Waals surface area contributed by atoms with E-state index in [0.29, 0.717) is 41.9 Å². The number of aryl methyl sites for hydroxylation is 6. The SMILES string of the molecule is Cc1ccc2c(c1)c1cccc3c1c1n2c(-c2c(C(C)C)cccc2C(C)C)c[n+]1C3.[2H]C([2H])([2H])C(C)c1cccc(C(C)C)c1-c1c(C)n2c3c4c(cccc4c4ccccc4[n+]13)C2.[2H]C([2H])([2H])c1c(-c2c(C)cccc2C)[n+]2c3ccc(C)cc3c3cccc4c3c2n1C4.[2H]C([2H])([2H])c1ccc2[n+](c1)Cc1ccccc1-2.[2H]C([2H])([2H])c1cccc2[n+]1Cc1ccccc1-2. The van der Waals surface area contributed by atoms with Gasteiger partial charge in [-0.3, -0.25) is 0 Å². The van der Waals surface area contributed by atoms with Crippen LogP contribution in [-0.2, 0) is 32.7 Å². The summed E-state index contributed by atoms with van der Waals surface area (Å²) in [6.07, 6.45) is 4.14. The molecule has 8 aromatic heterocycles. The van der Waals surface area contributed by atoms with Crippen LogP contribution in [0.4, 0.5) is 0 Å². The van der Waals surface area contributed by atoms with Crippen LogP contribution in [0.3, 0.4) is 0 Å². The number of hydrogen-bond acceptors (Lipinski definition) is 0. The lowest BCUT2D eigenvalue weighted by atomic mass is 9.86. The Morgan fingerprint density at radius 3 is 1.50 bits per heavy atom. The van der Waals surface area contributed by atoms with Crippen molar-refractivity contribution in [1.82, 2.24) is 13.5 Å². The number of benzene rings is 11. The van der Waals surface area contributed by atoms with E-state index in [1.54, 1.807) is 18.3 Å². The van der Waals surface area contributed by atoms with Crippen LogP contribution in [0.2, 0.25) is 0 Å². The first-order valence-electron chi connectivity index (χ1n) is 47.8. The molecule has 0 aliphatic carbocycles. The number of pyridine rings is 5. The molecule has 0 saturated carbocycles. The lowest BCUT2D eigenvalue weighted by molar-refractivity contribution is -0.678. The third-order valence-electron chi connectivity index (χ3n) is 25.7. The Morgan fingerprint density at radius 1 is 0.347 bits per heavy atom. The van der Waals surface area contributed by atoms with Gasteiger partial charge in [-0.05, 0) is 146 Å². The van der Waals surface area contributed by atoms with Crippen LogP contribution in [0.25, 0.3) is 138 Å². The topological polar surface area (TPSA) is 34.1 Å². The van der Waals surface area contributed by atoms with Gasteiger partial charge in [0.15, 0.2) is 42.1 Å². The van der Waals surface area contributed by atoms with Crippen molar-refractivity contribution in [3.8, 4) is 56.3 Å². The van der Waals surface area contributed by atoms with Crippen LogP contribution in [0.1, 0.15) is 190 Å². The van der Waals surface area contributed by atoms with E-state index in [1.807, 2.05) is 93.4 Å². The first-order chi connectivity index (χ1) is 62.0. The van der Waals surface area contributed by atoms with Crippen molar-refractivity contribution in [3.05, 3.63) is 356 Å². The Kier molecular flexibility index (Phi) is 15.0. The summed E-state index contributed by atoms with van der Waals surface area (Å²) in [6.45, 7) is 21.5. The maximum atomic E-state index is 8.50. The highest BCUT2D eigenvalue weighted by Gasteiger charge is 2.40. The average Bonchev–Trinajstić information content (AvgIpc) is 1.52. The molecule has 0 bridgehead atoms. The molecule has 19 aromatic rings. The summed E-state index contributed by atoms with van der Waals surface area (Å²) in [5.41, 5.74) is 36.7. The Morgan fingerprint density at radius 2 is 0.847 bits per heavy atom. The van der Waals surface area contributed by atoms with E-state index in [0.717, 1.165) is 97.9 Å². The third-order valence-corrected chi connectivity index (χ3v) is 25.7. The zero-order chi connectivity index (χ0) is 91.1. The second-order valence-electron chi connectivity index (χ2n) is 34.2. The predicted octanol–water partition coefficient (Wildman–Crippen LogP) is 24.7. The van der Waals surface area contributed by atoms with Gasteiger partial charge in [-0.2, -0.15) is 22.3 Å². The molecule has 0 saturated heterocycles. The lowest BCUT2D eigenvalue weighted by Gasteiger charge is -2.18. The fourth-order valence-corrected chi connectivity index (χ4v) is 20.4. The number of imidazole rings is 3. The summed E-state index contributed by atoms with van der Waals surface area (Å²) in [7, 11) is 0. The monoisotopic (exact) mass is 1550 g/mol. The molecule has 1 unspecified atom stereocenters. The summed E-state index contributed by atoms with van der Waals surface area (Å²) in [4.78, 5) is 0. The molecule has 0 spiro atoms. The smallest absolute Gasteiger partial charge is 0.225 e. The van der Waals surface area contributed by atoms with Crippen LogP contribution in [0.5, 0.6) is 0 Å². The molecule has 1 atom stereocenters. The molecule has 5 aliphatic heterocycles. The van der Waals surface area contributed by atoms with Crippen LogP contribution >= 0.6 is 0 Å². The average molecular weight is 1550 g/mol. The summed E-state index contributed by atoms with van der Waals surface area (Å²) in [5.74, 6) is 0.646. The Bertz CT molecular complexity index is 7920. The van der Waals surface area contributed by atoms with Crippen LogP contribution < -0.4 is 22.5 Å². The number of para-hydroxylation sites is 1. The van der Waals surface area contributed by atoms with E-state index in [4.69, 9.17) is 16.4 Å². The second-order valence-corrected chi connectivity index (χ2v) is 34.2. The van der Waals surface area contributed by atoms with Crippen molar-refractivity contribution >= 4 is 82.0 Å². The van der Waals surface area contributed by atoms with Gasteiger partial charge in [0.2, 0.25) is 11.4 Å². The summed E-state index contributed by atoms with van der Waals surface area (Å²) >= 11 is 0. The van der Waals surface area contributed by atoms with Crippen molar-refractivity contribution in [1.29, 1.82) is 0 Å². The van der Waals surface area contributed by atoms with Gasteiger partial charge >= 0.3 is 0 Å². The van der Waals surface area contributed by atoms with Gasteiger partial charge in [-0.25, -0.2) is 13.7 Å². The Balaban J connectivity index is 0.000000104. The van der Waals surface area contributed by atoms with E-state index in [9.17, 15) is 0 Å². The van der Waals surface area contributed by atoms with Crippen molar-refractivity contribution < 1.29 is 39.0 Å². The van der Waals surface area contributed by atoms with Gasteiger partial charge in [0.25, 0.3) is 16.9 Å². The van der Waals surface area contributed by atoms with Crippen LogP contribution in [-0.4, -0.2) is 13.5 Å². The van der Waals surface area contributed by atoms with E-state index < -0.39 is 33.3 Å². The molecule has 24 rings (SSSR count). The summed E-state index contributed by atoms with van der Waals surface area (Å²) in [6, 6.07) is 86.3. The normalized spacial score (nSPS) is 15.0. The maximum Gasteiger partial charge on any atom is 0.296 e. The first kappa shape index (κ1) is 61.7. The minimum Gasteiger partial charge on any atom is -0.225 e. The van der Waals surface area contributed by atoms with Gasteiger partial charge in [-0.1, -0.05) is 242 Å². The largest absolute Gasteiger partial charge is 0.296 e. The minimum atomic E-state index is -2.23. The minimum absolute atomic E-state index is 0.266. The number of rotatable bonds is 7. The Hall–Kier alpha value is -12.7. The summed E-state index contributed by atoms with van der Waals surface area (Å²) < 4.78 is 113. The molecular weight excluding hydrogens is 1430 g/mol. The molecule has 118 heavy (non-hydrogen) atoms. The van der Waals surface area contributed by atoms with Gasteiger partial charge in [0.1, 0.15) is 53.8 Å². The number of hydrogen-bond donors (Lipinski definition) is 0. The Labute approximate surface area is 710 Å².